The van der Waals surface area contributed by atoms with Crippen molar-refractivity contribution in [2.45, 2.75) is 6.92 Å². The van der Waals surface area contributed by atoms with Gasteiger partial charge in [-0.3, -0.25) is 4.99 Å². The fourth-order valence-corrected chi connectivity index (χ4v) is 0.904. The summed E-state index contributed by atoms with van der Waals surface area (Å²) in [5, 5.41) is 16.9. The van der Waals surface area contributed by atoms with Gasteiger partial charge in [0, 0.05) is 45.0 Å². The Balaban J connectivity index is 0. The molecule has 0 atom stereocenters. The standard InChI is InChI=1S/C10H13NO2.C2H6O.Zn/c1-13-7-6-11-8-9-4-2-3-5-10(9)12;1-2-3;/h2-5,8,12H,6-7H2,1H3;3H,2H2,1H3;. The fourth-order valence-electron chi connectivity index (χ4n) is 0.904. The minimum absolute atomic E-state index is 0. The van der Waals surface area contributed by atoms with Crippen LogP contribution in [0.2, 0.25) is 0 Å². The molecular formula is C12H19NO3Zn. The second-order valence-electron chi connectivity index (χ2n) is 2.90. The molecule has 0 aliphatic heterocycles. The number of aliphatic imine (C=N–C) groups is 1. The van der Waals surface area contributed by atoms with Crippen LogP contribution in [-0.4, -0.2) is 43.3 Å². The normalized spacial score (nSPS) is 9.35. The molecule has 0 aromatic heterocycles. The number of hydrogen-bond acceptors (Lipinski definition) is 4. The van der Waals surface area contributed by atoms with Crippen molar-refractivity contribution in [3.8, 4) is 5.75 Å². The van der Waals surface area contributed by atoms with Gasteiger partial charge in [0.15, 0.2) is 0 Å². The first-order chi connectivity index (χ1) is 7.76. The van der Waals surface area contributed by atoms with Gasteiger partial charge in [-0.15, -0.1) is 0 Å². The first-order valence-corrected chi connectivity index (χ1v) is 5.13. The molecule has 5 heteroatoms. The number of phenols is 1. The molecule has 0 bridgehead atoms. The number of hydrogen-bond donors (Lipinski definition) is 2. The maximum atomic E-state index is 9.34. The number of aromatic hydroxyl groups is 1. The monoisotopic (exact) mass is 289 g/mol. The van der Waals surface area contributed by atoms with Crippen molar-refractivity contribution in [3.63, 3.8) is 0 Å². The largest absolute Gasteiger partial charge is 0.507 e. The fraction of sp³-hybridized carbons (Fsp3) is 0.417. The van der Waals surface area contributed by atoms with Crippen LogP contribution in [0.15, 0.2) is 29.3 Å². The van der Waals surface area contributed by atoms with E-state index in [9.17, 15) is 5.11 Å². The molecule has 0 fully saturated rings. The molecule has 0 heterocycles. The molecule has 0 aliphatic carbocycles. The summed E-state index contributed by atoms with van der Waals surface area (Å²) in [6.07, 6.45) is 1.65. The third-order valence-electron chi connectivity index (χ3n) is 1.59. The summed E-state index contributed by atoms with van der Waals surface area (Å²) >= 11 is 0. The van der Waals surface area contributed by atoms with E-state index in [-0.39, 0.29) is 31.8 Å². The smallest absolute Gasteiger partial charge is 0.124 e. The van der Waals surface area contributed by atoms with Crippen LogP contribution < -0.4 is 0 Å². The molecule has 92 valence electrons. The molecule has 0 spiro atoms. The van der Waals surface area contributed by atoms with E-state index in [2.05, 4.69) is 4.99 Å². The maximum absolute atomic E-state index is 9.34. The van der Waals surface area contributed by atoms with Crippen molar-refractivity contribution in [1.82, 2.24) is 0 Å². The van der Waals surface area contributed by atoms with Crippen molar-refractivity contribution < 1.29 is 34.4 Å². The Morgan fingerprint density at radius 3 is 2.47 bits per heavy atom. The second-order valence-corrected chi connectivity index (χ2v) is 2.90. The Hall–Kier alpha value is -0.767. The van der Waals surface area contributed by atoms with Crippen LogP contribution in [0.5, 0.6) is 5.75 Å². The zero-order chi connectivity index (χ0) is 12.2. The van der Waals surface area contributed by atoms with Gasteiger partial charge in [-0.2, -0.15) is 0 Å². The molecule has 17 heavy (non-hydrogen) atoms. The van der Waals surface area contributed by atoms with Crippen molar-refractivity contribution in [1.29, 1.82) is 0 Å². The van der Waals surface area contributed by atoms with Crippen molar-refractivity contribution >= 4 is 6.21 Å². The molecular weight excluding hydrogens is 272 g/mol. The van der Waals surface area contributed by atoms with Gasteiger partial charge in [0.25, 0.3) is 0 Å². The molecule has 0 saturated heterocycles. The predicted molar refractivity (Wildman–Crippen MR) is 65.2 cm³/mol. The molecule has 1 aromatic carbocycles. The predicted octanol–water partition coefficient (Wildman–Crippen LogP) is 1.45. The van der Waals surface area contributed by atoms with Crippen LogP contribution in [0.25, 0.3) is 0 Å². The van der Waals surface area contributed by atoms with E-state index < -0.39 is 0 Å². The number of nitrogens with zero attached hydrogens (tertiary/aromatic N) is 1. The van der Waals surface area contributed by atoms with E-state index in [0.717, 1.165) is 5.56 Å². The number of para-hydroxylation sites is 1. The molecule has 0 amide bonds. The summed E-state index contributed by atoms with van der Waals surface area (Å²) in [4.78, 5) is 4.08. The maximum Gasteiger partial charge on any atom is 0.124 e. The van der Waals surface area contributed by atoms with Crippen LogP contribution in [0.1, 0.15) is 12.5 Å². The summed E-state index contributed by atoms with van der Waals surface area (Å²) in [5.74, 6) is 0.253. The van der Waals surface area contributed by atoms with E-state index in [1.54, 1.807) is 32.4 Å². The van der Waals surface area contributed by atoms with Gasteiger partial charge in [0.1, 0.15) is 5.75 Å². The van der Waals surface area contributed by atoms with Crippen molar-refractivity contribution in [3.05, 3.63) is 29.8 Å². The number of benzene rings is 1. The Morgan fingerprint density at radius 1 is 1.35 bits per heavy atom. The van der Waals surface area contributed by atoms with Gasteiger partial charge >= 0.3 is 0 Å². The minimum atomic E-state index is 0. The molecule has 1 rings (SSSR count). The molecule has 0 saturated carbocycles. The Morgan fingerprint density at radius 2 is 1.94 bits per heavy atom. The average Bonchev–Trinajstić information content (AvgIpc) is 2.28. The van der Waals surface area contributed by atoms with Gasteiger partial charge < -0.3 is 14.9 Å². The van der Waals surface area contributed by atoms with Crippen LogP contribution in [0.4, 0.5) is 0 Å². The Labute approximate surface area is 115 Å². The van der Waals surface area contributed by atoms with Gasteiger partial charge in [-0.05, 0) is 19.1 Å². The second kappa shape index (κ2) is 13.3. The van der Waals surface area contributed by atoms with Gasteiger partial charge in [-0.1, -0.05) is 12.1 Å². The number of ether oxygens (including phenoxy) is 1. The van der Waals surface area contributed by atoms with Crippen LogP contribution >= 0.6 is 0 Å². The van der Waals surface area contributed by atoms with E-state index in [1.165, 1.54) is 0 Å². The van der Waals surface area contributed by atoms with Gasteiger partial charge in [0.2, 0.25) is 0 Å². The van der Waals surface area contributed by atoms with Gasteiger partial charge in [-0.25, -0.2) is 0 Å². The zero-order valence-corrected chi connectivity index (χ0v) is 13.4. The number of methoxy groups -OCH3 is 1. The van der Waals surface area contributed by atoms with E-state index in [1.807, 2.05) is 12.1 Å². The zero-order valence-electron chi connectivity index (χ0n) is 10.5. The molecule has 1 aromatic rings. The van der Waals surface area contributed by atoms with Crippen molar-refractivity contribution in [2.24, 2.45) is 4.99 Å². The third kappa shape index (κ3) is 10.1. The third-order valence-corrected chi connectivity index (χ3v) is 1.59. The van der Waals surface area contributed by atoms with Crippen LogP contribution in [0.3, 0.4) is 0 Å². The first-order valence-electron chi connectivity index (χ1n) is 5.13. The molecule has 0 unspecified atom stereocenters. The summed E-state index contributed by atoms with van der Waals surface area (Å²) in [6.45, 7) is 3.15. The molecule has 2 N–H and O–H groups in total. The minimum Gasteiger partial charge on any atom is -0.507 e. The molecule has 4 nitrogen and oxygen atoms in total. The van der Waals surface area contributed by atoms with Crippen molar-refractivity contribution in [2.75, 3.05) is 26.9 Å². The molecule has 0 radical (unpaired) electrons. The summed E-state index contributed by atoms with van der Waals surface area (Å²) in [5.41, 5.74) is 0.735. The summed E-state index contributed by atoms with van der Waals surface area (Å²) < 4.78 is 4.83. The summed E-state index contributed by atoms with van der Waals surface area (Å²) in [6, 6.07) is 7.09. The van der Waals surface area contributed by atoms with E-state index in [0.29, 0.717) is 13.2 Å². The summed E-state index contributed by atoms with van der Waals surface area (Å²) in [7, 11) is 1.63. The number of rotatable bonds is 4. The quantitative estimate of drug-likeness (QED) is 0.501. The van der Waals surface area contributed by atoms with Crippen LogP contribution in [-0.2, 0) is 24.2 Å². The number of aliphatic hydroxyl groups is 1. The number of aliphatic hydroxyl groups excluding tert-OH is 1. The Kier molecular flexibility index (Phi) is 14.5. The van der Waals surface area contributed by atoms with E-state index in [4.69, 9.17) is 9.84 Å². The average molecular weight is 291 g/mol. The first kappa shape index (κ1) is 18.6. The SMILES string of the molecule is CCO.COCCN=Cc1ccccc1O.[Zn]. The van der Waals surface area contributed by atoms with E-state index >= 15 is 0 Å². The molecule has 0 aliphatic rings. The van der Waals surface area contributed by atoms with Gasteiger partial charge in [0.05, 0.1) is 13.2 Å². The number of phenolic OH excluding ortho intramolecular Hbond substituents is 1. The van der Waals surface area contributed by atoms with Crippen LogP contribution in [0, 0.1) is 0 Å². The Bertz CT molecular complexity index is 306. The topological polar surface area (TPSA) is 62.0 Å².